The third-order valence-electron chi connectivity index (χ3n) is 1.33. The Labute approximate surface area is 75.2 Å². The van der Waals surface area contributed by atoms with Crippen LogP contribution in [0.3, 0.4) is 0 Å². The largest absolute Gasteiger partial charge is 0.480 e. The number of guanidine groups is 1. The highest BCUT2D eigenvalue weighted by Crippen LogP contribution is 1.96. The number of carboxylic acid groups (broad SMARTS) is 1. The van der Waals surface area contributed by atoms with Gasteiger partial charge in [0.25, 0.3) is 0 Å². The Bertz CT molecular complexity index is 202. The molecule has 0 heterocycles. The molecule has 0 saturated carbocycles. The van der Waals surface area contributed by atoms with E-state index in [1.807, 2.05) is 0 Å². The zero-order chi connectivity index (χ0) is 10.4. The van der Waals surface area contributed by atoms with Crippen LogP contribution in [-0.2, 0) is 4.79 Å². The van der Waals surface area contributed by atoms with Crippen molar-refractivity contribution in [2.24, 2.45) is 22.2 Å². The highest BCUT2D eigenvalue weighted by molar-refractivity contribution is 5.75. The van der Waals surface area contributed by atoms with Crippen molar-refractivity contribution in [1.29, 1.82) is 0 Å². The van der Waals surface area contributed by atoms with Gasteiger partial charge >= 0.3 is 5.97 Å². The van der Waals surface area contributed by atoms with Crippen molar-refractivity contribution in [2.75, 3.05) is 6.54 Å². The van der Waals surface area contributed by atoms with Crippen LogP contribution < -0.4 is 17.2 Å². The second-order valence-corrected chi connectivity index (χ2v) is 2.60. The lowest BCUT2D eigenvalue weighted by molar-refractivity contribution is -0.139. The Balaban J connectivity index is 3.80. The molecule has 8 N–H and O–H groups in total. The number of rotatable bonds is 5. The lowest BCUT2D eigenvalue weighted by Crippen LogP contribution is -2.35. The fourth-order valence-corrected chi connectivity index (χ4v) is 0.679. The SMILES string of the molecule is NC(N)=NC[C@H](O)C[C@H](N)C(=O)O. The molecule has 0 aliphatic heterocycles. The van der Waals surface area contributed by atoms with Crippen molar-refractivity contribution in [3.05, 3.63) is 0 Å². The van der Waals surface area contributed by atoms with Crippen molar-refractivity contribution in [3.63, 3.8) is 0 Å². The Morgan fingerprint density at radius 2 is 2.00 bits per heavy atom. The van der Waals surface area contributed by atoms with E-state index in [-0.39, 0.29) is 18.9 Å². The minimum absolute atomic E-state index is 0.0384. The van der Waals surface area contributed by atoms with Gasteiger partial charge in [0.05, 0.1) is 12.6 Å². The molecular formula is C6H14N4O3. The maximum atomic E-state index is 10.3. The van der Waals surface area contributed by atoms with Gasteiger partial charge in [0.15, 0.2) is 5.96 Å². The number of hydrogen-bond donors (Lipinski definition) is 5. The van der Waals surface area contributed by atoms with Gasteiger partial charge in [0.2, 0.25) is 0 Å². The highest BCUT2D eigenvalue weighted by atomic mass is 16.4. The van der Waals surface area contributed by atoms with E-state index < -0.39 is 18.1 Å². The minimum Gasteiger partial charge on any atom is -0.480 e. The van der Waals surface area contributed by atoms with Crippen LogP contribution in [0.5, 0.6) is 0 Å². The molecule has 13 heavy (non-hydrogen) atoms. The molecule has 76 valence electrons. The second kappa shape index (κ2) is 5.33. The van der Waals surface area contributed by atoms with E-state index in [0.29, 0.717) is 0 Å². The summed E-state index contributed by atoms with van der Waals surface area (Å²) in [5.74, 6) is -1.31. The van der Waals surface area contributed by atoms with Gasteiger partial charge < -0.3 is 27.4 Å². The summed E-state index contributed by atoms with van der Waals surface area (Å²) in [5.41, 5.74) is 15.2. The van der Waals surface area contributed by atoms with Gasteiger partial charge in [-0.15, -0.1) is 0 Å². The molecule has 0 fully saturated rings. The molecule has 0 aromatic carbocycles. The van der Waals surface area contributed by atoms with E-state index in [0.717, 1.165) is 0 Å². The zero-order valence-electron chi connectivity index (χ0n) is 7.05. The van der Waals surface area contributed by atoms with E-state index in [1.165, 1.54) is 0 Å². The van der Waals surface area contributed by atoms with E-state index >= 15 is 0 Å². The van der Waals surface area contributed by atoms with Crippen molar-refractivity contribution in [2.45, 2.75) is 18.6 Å². The summed E-state index contributed by atoms with van der Waals surface area (Å²) in [6.07, 6.45) is -1.01. The van der Waals surface area contributed by atoms with E-state index in [9.17, 15) is 4.79 Å². The number of carbonyl (C=O) groups is 1. The van der Waals surface area contributed by atoms with Crippen LogP contribution in [0.1, 0.15) is 6.42 Å². The van der Waals surface area contributed by atoms with E-state index in [4.69, 9.17) is 27.4 Å². The molecule has 0 aliphatic rings. The highest BCUT2D eigenvalue weighted by Gasteiger charge is 2.16. The van der Waals surface area contributed by atoms with Gasteiger partial charge in [-0.05, 0) is 0 Å². The Hall–Kier alpha value is -1.34. The normalized spacial score (nSPS) is 14.6. The standard InChI is InChI=1S/C6H14N4O3/c7-4(5(12)13)1-3(11)2-10-6(8)9/h3-4,11H,1-2,7H2,(H,12,13)(H4,8,9,10)/t3-,4+/m1/s1. The third kappa shape index (κ3) is 5.88. The van der Waals surface area contributed by atoms with E-state index in [2.05, 4.69) is 4.99 Å². The average molecular weight is 190 g/mol. The maximum Gasteiger partial charge on any atom is 0.320 e. The summed E-state index contributed by atoms with van der Waals surface area (Å²) in [6.45, 7) is -0.0384. The smallest absolute Gasteiger partial charge is 0.320 e. The summed E-state index contributed by atoms with van der Waals surface area (Å²) in [5, 5.41) is 17.5. The molecule has 0 aliphatic carbocycles. The molecule has 0 bridgehead atoms. The predicted molar refractivity (Wildman–Crippen MR) is 46.9 cm³/mol. The number of aliphatic carboxylic acids is 1. The summed E-state index contributed by atoms with van der Waals surface area (Å²) in [4.78, 5) is 13.8. The molecule has 2 atom stereocenters. The van der Waals surface area contributed by atoms with Crippen molar-refractivity contribution in [1.82, 2.24) is 0 Å². The first-order valence-corrected chi connectivity index (χ1v) is 3.65. The van der Waals surface area contributed by atoms with Gasteiger partial charge in [0.1, 0.15) is 6.04 Å². The number of nitrogens with zero attached hydrogens (tertiary/aromatic N) is 1. The topological polar surface area (TPSA) is 148 Å². The first kappa shape index (κ1) is 11.7. The molecule has 7 heteroatoms. The van der Waals surface area contributed by atoms with Crippen LogP contribution in [0.4, 0.5) is 0 Å². The van der Waals surface area contributed by atoms with Crippen LogP contribution in [0.25, 0.3) is 0 Å². The quantitative estimate of drug-likeness (QED) is 0.237. The van der Waals surface area contributed by atoms with Gasteiger partial charge in [-0.1, -0.05) is 0 Å². The molecule has 0 aromatic heterocycles. The second-order valence-electron chi connectivity index (χ2n) is 2.60. The fourth-order valence-electron chi connectivity index (χ4n) is 0.679. The molecule has 0 unspecified atom stereocenters. The van der Waals surface area contributed by atoms with Gasteiger partial charge in [-0.25, -0.2) is 0 Å². The summed E-state index contributed by atoms with van der Waals surface area (Å²) >= 11 is 0. The monoisotopic (exact) mass is 190 g/mol. The number of hydrogen-bond acceptors (Lipinski definition) is 4. The fraction of sp³-hybridized carbons (Fsp3) is 0.667. The van der Waals surface area contributed by atoms with Crippen molar-refractivity contribution in [3.8, 4) is 0 Å². The lowest BCUT2D eigenvalue weighted by atomic mass is 10.1. The number of aliphatic imine (C=N–C) groups is 1. The van der Waals surface area contributed by atoms with Gasteiger partial charge in [-0.2, -0.15) is 0 Å². The van der Waals surface area contributed by atoms with Crippen LogP contribution >= 0.6 is 0 Å². The number of carboxylic acids is 1. The maximum absolute atomic E-state index is 10.3. The number of aliphatic hydroxyl groups is 1. The van der Waals surface area contributed by atoms with Crippen LogP contribution in [0.2, 0.25) is 0 Å². The average Bonchev–Trinajstić information content (AvgIpc) is 2.00. The Kier molecular flexibility index (Phi) is 4.78. The third-order valence-corrected chi connectivity index (χ3v) is 1.33. The molecular weight excluding hydrogens is 176 g/mol. The van der Waals surface area contributed by atoms with E-state index in [1.54, 1.807) is 0 Å². The van der Waals surface area contributed by atoms with Gasteiger partial charge in [-0.3, -0.25) is 9.79 Å². The van der Waals surface area contributed by atoms with Crippen molar-refractivity contribution < 1.29 is 15.0 Å². The predicted octanol–water partition coefficient (Wildman–Crippen LogP) is -2.58. The lowest BCUT2D eigenvalue weighted by Gasteiger charge is -2.10. The number of nitrogens with two attached hydrogens (primary N) is 3. The van der Waals surface area contributed by atoms with Gasteiger partial charge in [0, 0.05) is 6.42 Å². The molecule has 0 rings (SSSR count). The molecule has 0 amide bonds. The zero-order valence-corrected chi connectivity index (χ0v) is 7.05. The summed E-state index contributed by atoms with van der Waals surface area (Å²) < 4.78 is 0. The Morgan fingerprint density at radius 3 is 2.38 bits per heavy atom. The summed E-state index contributed by atoms with van der Waals surface area (Å²) in [7, 11) is 0. The molecule has 0 aromatic rings. The minimum atomic E-state index is -1.16. The molecule has 0 saturated heterocycles. The number of aliphatic hydroxyl groups excluding tert-OH is 1. The molecule has 0 radical (unpaired) electrons. The molecule has 0 spiro atoms. The van der Waals surface area contributed by atoms with Crippen LogP contribution in [0, 0.1) is 0 Å². The van der Waals surface area contributed by atoms with Crippen molar-refractivity contribution >= 4 is 11.9 Å². The van der Waals surface area contributed by atoms with Crippen LogP contribution in [-0.4, -0.2) is 40.8 Å². The molecule has 7 nitrogen and oxygen atoms in total. The van der Waals surface area contributed by atoms with Crippen LogP contribution in [0.15, 0.2) is 4.99 Å². The Morgan fingerprint density at radius 1 is 1.46 bits per heavy atom. The first-order chi connectivity index (χ1) is 5.93. The summed E-state index contributed by atoms with van der Waals surface area (Å²) in [6, 6.07) is -1.09. The first-order valence-electron chi connectivity index (χ1n) is 3.65.